The van der Waals surface area contributed by atoms with E-state index < -0.39 is 0 Å². The second-order valence-corrected chi connectivity index (χ2v) is 4.82. The fraction of sp³-hybridized carbons (Fsp3) is 0.500. The van der Waals surface area contributed by atoms with Crippen LogP contribution in [0, 0.1) is 0 Å². The molecule has 4 nitrogen and oxygen atoms in total. The number of benzene rings is 1. The summed E-state index contributed by atoms with van der Waals surface area (Å²) in [7, 11) is 1.54. The summed E-state index contributed by atoms with van der Waals surface area (Å²) in [6.07, 6.45) is 4.10. The van der Waals surface area contributed by atoms with Crippen molar-refractivity contribution >= 4 is 5.91 Å². The molecule has 98 valence electrons. The molecular weight excluding hydrogens is 230 g/mol. The lowest BCUT2D eigenvalue weighted by atomic mass is 9.74. The van der Waals surface area contributed by atoms with E-state index >= 15 is 0 Å². The molecule has 0 unspecified atom stereocenters. The number of amides is 1. The van der Waals surface area contributed by atoms with Gasteiger partial charge in [-0.2, -0.15) is 0 Å². The van der Waals surface area contributed by atoms with Gasteiger partial charge in [0.2, 0.25) is 0 Å². The molecule has 2 N–H and O–H groups in total. The third-order valence-corrected chi connectivity index (χ3v) is 3.81. The Labute approximate surface area is 107 Å². The Morgan fingerprint density at radius 2 is 2.22 bits per heavy atom. The summed E-state index contributed by atoms with van der Waals surface area (Å²) in [5.41, 5.74) is 0.196. The third-order valence-electron chi connectivity index (χ3n) is 3.81. The maximum absolute atomic E-state index is 12.2. The first-order valence-electron chi connectivity index (χ1n) is 6.30. The zero-order valence-electron chi connectivity index (χ0n) is 10.8. The molecule has 1 aliphatic carbocycles. The average molecular weight is 249 g/mol. The lowest BCUT2D eigenvalue weighted by molar-refractivity contribution is 0.0817. The molecule has 1 amide bonds. The molecule has 0 radical (unpaired) electrons. The number of phenols is 1. The van der Waals surface area contributed by atoms with Gasteiger partial charge in [-0.05, 0) is 43.9 Å². The minimum absolute atomic E-state index is 0.0149. The molecule has 1 fully saturated rings. The van der Waals surface area contributed by atoms with Crippen LogP contribution in [-0.2, 0) is 0 Å². The van der Waals surface area contributed by atoms with E-state index in [1.54, 1.807) is 12.1 Å². The van der Waals surface area contributed by atoms with Crippen LogP contribution >= 0.6 is 0 Å². The molecule has 1 aromatic rings. The quantitative estimate of drug-likeness (QED) is 0.861. The van der Waals surface area contributed by atoms with Crippen molar-refractivity contribution in [3.05, 3.63) is 23.8 Å². The average Bonchev–Trinajstić information content (AvgIpc) is 2.34. The second kappa shape index (κ2) is 4.88. The summed E-state index contributed by atoms with van der Waals surface area (Å²) in [6, 6.07) is 4.67. The van der Waals surface area contributed by atoms with Crippen LogP contribution in [0.5, 0.6) is 11.5 Å². The van der Waals surface area contributed by atoms with Crippen molar-refractivity contribution in [3.8, 4) is 11.5 Å². The summed E-state index contributed by atoms with van der Waals surface area (Å²) < 4.78 is 5.07. The van der Waals surface area contributed by atoms with Crippen molar-refractivity contribution in [1.29, 1.82) is 0 Å². The van der Waals surface area contributed by atoms with Crippen molar-refractivity contribution in [2.75, 3.05) is 7.11 Å². The number of aromatic hydroxyl groups is 1. The standard InChI is InChI=1S/C14H19NO3/c1-3-14(7-4-8-14)15-13(17)11-9-10(18-2)5-6-12(11)16/h5-6,9,16H,3-4,7-8H2,1-2H3,(H,15,17). The molecule has 0 aliphatic heterocycles. The van der Waals surface area contributed by atoms with Gasteiger partial charge in [0.25, 0.3) is 5.91 Å². The van der Waals surface area contributed by atoms with E-state index in [1.807, 2.05) is 0 Å². The number of carbonyl (C=O) groups excluding carboxylic acids is 1. The molecule has 0 spiro atoms. The highest BCUT2D eigenvalue weighted by Crippen LogP contribution is 2.35. The lowest BCUT2D eigenvalue weighted by Crippen LogP contribution is -2.52. The molecule has 1 aliphatic rings. The second-order valence-electron chi connectivity index (χ2n) is 4.82. The minimum Gasteiger partial charge on any atom is -0.507 e. The highest BCUT2D eigenvalue weighted by atomic mass is 16.5. The zero-order valence-corrected chi connectivity index (χ0v) is 10.8. The molecule has 0 saturated heterocycles. The fourth-order valence-electron chi connectivity index (χ4n) is 2.30. The largest absolute Gasteiger partial charge is 0.507 e. The van der Waals surface area contributed by atoms with Crippen LogP contribution in [0.3, 0.4) is 0 Å². The van der Waals surface area contributed by atoms with Crippen LogP contribution in [0.25, 0.3) is 0 Å². The molecule has 0 atom stereocenters. The van der Waals surface area contributed by atoms with Gasteiger partial charge in [-0.25, -0.2) is 0 Å². The van der Waals surface area contributed by atoms with Crippen molar-refractivity contribution in [2.45, 2.75) is 38.1 Å². The molecule has 0 aromatic heterocycles. The van der Waals surface area contributed by atoms with Crippen molar-refractivity contribution < 1.29 is 14.6 Å². The number of nitrogens with one attached hydrogen (secondary N) is 1. The smallest absolute Gasteiger partial charge is 0.255 e. The highest BCUT2D eigenvalue weighted by molar-refractivity contribution is 5.97. The van der Waals surface area contributed by atoms with Gasteiger partial charge in [0.15, 0.2) is 0 Å². The number of carbonyl (C=O) groups is 1. The topological polar surface area (TPSA) is 58.6 Å². The van der Waals surface area contributed by atoms with Gasteiger partial charge in [0.1, 0.15) is 11.5 Å². The van der Waals surface area contributed by atoms with Crippen LogP contribution in [-0.4, -0.2) is 23.7 Å². The molecule has 1 aromatic carbocycles. The number of ether oxygens (including phenoxy) is 1. The normalized spacial score (nSPS) is 16.8. The fourth-order valence-corrected chi connectivity index (χ4v) is 2.30. The van der Waals surface area contributed by atoms with Gasteiger partial charge in [0, 0.05) is 5.54 Å². The van der Waals surface area contributed by atoms with Crippen LogP contribution < -0.4 is 10.1 Å². The monoisotopic (exact) mass is 249 g/mol. The Balaban J connectivity index is 2.18. The maximum Gasteiger partial charge on any atom is 0.255 e. The third kappa shape index (κ3) is 2.28. The molecular formula is C14H19NO3. The predicted octanol–water partition coefficient (Wildman–Crippen LogP) is 2.46. The van der Waals surface area contributed by atoms with Gasteiger partial charge in [-0.1, -0.05) is 6.92 Å². The number of hydrogen-bond acceptors (Lipinski definition) is 3. The molecule has 2 rings (SSSR count). The summed E-state index contributed by atoms with van der Waals surface area (Å²) >= 11 is 0. The number of phenolic OH excluding ortho intramolecular Hbond substituents is 1. The van der Waals surface area contributed by atoms with E-state index in [1.165, 1.54) is 13.2 Å². The zero-order chi connectivity index (χ0) is 13.2. The first-order valence-corrected chi connectivity index (χ1v) is 6.30. The first kappa shape index (κ1) is 12.7. The van der Waals surface area contributed by atoms with E-state index in [0.29, 0.717) is 5.75 Å². The Bertz CT molecular complexity index is 447. The SMILES string of the molecule is CCC1(NC(=O)c2cc(OC)ccc2O)CCC1. The number of rotatable bonds is 4. The van der Waals surface area contributed by atoms with Crippen LogP contribution in [0.4, 0.5) is 0 Å². The van der Waals surface area contributed by atoms with Crippen molar-refractivity contribution in [1.82, 2.24) is 5.32 Å². The van der Waals surface area contributed by atoms with Gasteiger partial charge in [0.05, 0.1) is 12.7 Å². The minimum atomic E-state index is -0.229. The molecule has 18 heavy (non-hydrogen) atoms. The summed E-state index contributed by atoms with van der Waals surface area (Å²) in [5.74, 6) is 0.323. The number of hydrogen-bond donors (Lipinski definition) is 2. The van der Waals surface area contributed by atoms with Gasteiger partial charge >= 0.3 is 0 Å². The van der Waals surface area contributed by atoms with Crippen molar-refractivity contribution in [3.63, 3.8) is 0 Å². The summed E-state index contributed by atoms with van der Waals surface area (Å²) in [4.78, 5) is 12.2. The Hall–Kier alpha value is -1.71. The molecule has 4 heteroatoms. The van der Waals surface area contributed by atoms with Gasteiger partial charge in [-0.3, -0.25) is 4.79 Å². The summed E-state index contributed by atoms with van der Waals surface area (Å²) in [5, 5.41) is 12.8. The lowest BCUT2D eigenvalue weighted by Gasteiger charge is -2.42. The highest BCUT2D eigenvalue weighted by Gasteiger charge is 2.36. The van der Waals surface area contributed by atoms with E-state index in [9.17, 15) is 9.90 Å². The van der Waals surface area contributed by atoms with Gasteiger partial charge < -0.3 is 15.2 Å². The molecule has 1 saturated carbocycles. The number of methoxy groups -OCH3 is 1. The summed E-state index contributed by atoms with van der Waals surface area (Å²) in [6.45, 7) is 2.07. The van der Waals surface area contributed by atoms with Crippen LogP contribution in [0.15, 0.2) is 18.2 Å². The Morgan fingerprint density at radius 3 is 2.72 bits per heavy atom. The van der Waals surface area contributed by atoms with Gasteiger partial charge in [-0.15, -0.1) is 0 Å². The molecule has 0 heterocycles. The molecule has 0 bridgehead atoms. The van der Waals surface area contributed by atoms with Crippen LogP contribution in [0.2, 0.25) is 0 Å². The Kier molecular flexibility index (Phi) is 3.45. The Morgan fingerprint density at radius 1 is 1.50 bits per heavy atom. The first-order chi connectivity index (χ1) is 8.60. The predicted molar refractivity (Wildman–Crippen MR) is 69.0 cm³/mol. The van der Waals surface area contributed by atoms with E-state index in [0.717, 1.165) is 25.7 Å². The van der Waals surface area contributed by atoms with E-state index in [2.05, 4.69) is 12.2 Å². The van der Waals surface area contributed by atoms with Crippen molar-refractivity contribution in [2.24, 2.45) is 0 Å². The van der Waals surface area contributed by atoms with E-state index in [-0.39, 0.29) is 22.8 Å². The van der Waals surface area contributed by atoms with E-state index in [4.69, 9.17) is 4.74 Å². The maximum atomic E-state index is 12.2. The van der Waals surface area contributed by atoms with Crippen LogP contribution in [0.1, 0.15) is 43.0 Å².